The predicted molar refractivity (Wildman–Crippen MR) is 111 cm³/mol. The smallest absolute Gasteiger partial charge is 0.151 e. The zero-order valence-corrected chi connectivity index (χ0v) is 16.5. The highest BCUT2D eigenvalue weighted by Crippen LogP contribution is 2.30. The van der Waals surface area contributed by atoms with E-state index in [-0.39, 0.29) is 0 Å². The number of anilines is 2. The van der Waals surface area contributed by atoms with Gasteiger partial charge in [-0.1, -0.05) is 37.3 Å². The lowest BCUT2D eigenvalue weighted by Gasteiger charge is -2.42. The van der Waals surface area contributed by atoms with Gasteiger partial charge in [0.15, 0.2) is 5.82 Å². The number of pyridine rings is 1. The molecule has 0 unspecified atom stereocenters. The van der Waals surface area contributed by atoms with E-state index in [1.54, 1.807) is 0 Å². The fraction of sp³-hybridized carbons (Fsp3) is 0.500. The van der Waals surface area contributed by atoms with E-state index < -0.39 is 0 Å². The first-order valence-electron chi connectivity index (χ1n) is 9.75. The third-order valence-electron chi connectivity index (χ3n) is 5.26. The average molecular weight is 353 g/mol. The molecule has 2 aromatic rings. The molecule has 3 rings (SSSR count). The zero-order valence-electron chi connectivity index (χ0n) is 16.5. The summed E-state index contributed by atoms with van der Waals surface area (Å²) in [5.41, 5.74) is 2.53. The van der Waals surface area contributed by atoms with Gasteiger partial charge in [0.2, 0.25) is 0 Å². The predicted octanol–water partition coefficient (Wildman–Crippen LogP) is 4.25. The molecule has 0 spiro atoms. The van der Waals surface area contributed by atoms with E-state index in [2.05, 4.69) is 84.3 Å². The first kappa shape index (κ1) is 18.7. The third-order valence-corrected chi connectivity index (χ3v) is 5.26. The summed E-state index contributed by atoms with van der Waals surface area (Å²) in [6.45, 7) is 10.0. The minimum absolute atomic E-state index is 0.400. The van der Waals surface area contributed by atoms with Crippen LogP contribution in [0.4, 0.5) is 11.5 Å². The highest BCUT2D eigenvalue weighted by atomic mass is 15.2. The molecule has 1 saturated heterocycles. The first-order valence-corrected chi connectivity index (χ1v) is 9.75. The van der Waals surface area contributed by atoms with Crippen LogP contribution in [0.5, 0.6) is 0 Å². The van der Waals surface area contributed by atoms with Crippen LogP contribution >= 0.6 is 0 Å². The quantitative estimate of drug-likeness (QED) is 0.842. The Hall–Kier alpha value is -2.07. The Bertz CT molecular complexity index is 686. The summed E-state index contributed by atoms with van der Waals surface area (Å²) >= 11 is 0. The van der Waals surface area contributed by atoms with Crippen LogP contribution < -0.4 is 10.2 Å². The zero-order chi connectivity index (χ0) is 18.5. The lowest BCUT2D eigenvalue weighted by atomic mass is 9.92. The maximum atomic E-state index is 4.68. The van der Waals surface area contributed by atoms with Crippen LogP contribution in [0.25, 0.3) is 0 Å². The molecule has 4 nitrogen and oxygen atoms in total. The maximum Gasteiger partial charge on any atom is 0.151 e. The second kappa shape index (κ2) is 8.54. The van der Waals surface area contributed by atoms with E-state index in [0.717, 1.165) is 31.1 Å². The molecule has 4 heteroatoms. The third kappa shape index (κ3) is 4.55. The maximum absolute atomic E-state index is 4.68. The van der Waals surface area contributed by atoms with E-state index in [4.69, 9.17) is 0 Å². The molecule has 0 amide bonds. The van der Waals surface area contributed by atoms with Gasteiger partial charge in [0, 0.05) is 45.0 Å². The number of likely N-dealkylation sites (tertiary alicyclic amines) is 1. The van der Waals surface area contributed by atoms with Crippen molar-refractivity contribution in [3.8, 4) is 0 Å². The summed E-state index contributed by atoms with van der Waals surface area (Å²) in [5.74, 6) is 1.67. The highest BCUT2D eigenvalue weighted by molar-refractivity contribution is 5.65. The number of piperidine rings is 1. The van der Waals surface area contributed by atoms with Gasteiger partial charge < -0.3 is 10.2 Å². The molecule has 0 bridgehead atoms. The summed E-state index contributed by atoms with van der Waals surface area (Å²) in [6, 6.07) is 15.8. The Balaban J connectivity index is 1.66. The van der Waals surface area contributed by atoms with Gasteiger partial charge in [0.1, 0.15) is 0 Å². The van der Waals surface area contributed by atoms with Gasteiger partial charge in [-0.25, -0.2) is 4.98 Å². The van der Waals surface area contributed by atoms with Crippen LogP contribution in [-0.2, 0) is 6.54 Å². The van der Waals surface area contributed by atoms with Crippen LogP contribution in [-0.4, -0.2) is 42.1 Å². The van der Waals surface area contributed by atoms with Gasteiger partial charge in [-0.05, 0) is 43.9 Å². The standard InChI is InChI=1S/C22H32N4/c1-17(2)24-20-11-8-13-23-22(20)25(4)21-12-14-26(15-18(21)3)16-19-9-6-5-7-10-19/h5-11,13,17-18,21,24H,12,14-16H2,1-4H3/t18-,21+/m0/s1. The Morgan fingerprint density at radius 1 is 1.19 bits per heavy atom. The summed E-state index contributed by atoms with van der Waals surface area (Å²) in [7, 11) is 2.20. The monoisotopic (exact) mass is 352 g/mol. The van der Waals surface area contributed by atoms with Crippen molar-refractivity contribution in [3.05, 3.63) is 54.2 Å². The molecule has 0 aliphatic carbocycles. The van der Waals surface area contributed by atoms with Crippen molar-refractivity contribution in [2.75, 3.05) is 30.4 Å². The molecule has 26 heavy (non-hydrogen) atoms. The van der Waals surface area contributed by atoms with Crippen molar-refractivity contribution >= 4 is 11.5 Å². The van der Waals surface area contributed by atoms with Gasteiger partial charge >= 0.3 is 0 Å². The molecule has 1 aromatic heterocycles. The van der Waals surface area contributed by atoms with Crippen LogP contribution in [0.2, 0.25) is 0 Å². The number of rotatable bonds is 6. The van der Waals surface area contributed by atoms with E-state index in [1.165, 1.54) is 12.0 Å². The topological polar surface area (TPSA) is 31.4 Å². The largest absolute Gasteiger partial charge is 0.380 e. The SMILES string of the molecule is CC(C)Nc1cccnc1N(C)[C@@H]1CCN(Cc2ccccc2)C[C@@H]1C. The van der Waals surface area contributed by atoms with E-state index >= 15 is 0 Å². The molecular formula is C22H32N4. The van der Waals surface area contributed by atoms with E-state index in [0.29, 0.717) is 18.0 Å². The molecule has 1 aliphatic rings. The summed E-state index contributed by atoms with van der Waals surface area (Å²) in [4.78, 5) is 9.64. The van der Waals surface area contributed by atoms with Crippen LogP contribution in [0.1, 0.15) is 32.8 Å². The second-order valence-electron chi connectivity index (χ2n) is 7.84. The van der Waals surface area contributed by atoms with Gasteiger partial charge in [-0.2, -0.15) is 0 Å². The Morgan fingerprint density at radius 3 is 2.65 bits per heavy atom. The van der Waals surface area contributed by atoms with Crippen molar-refractivity contribution in [3.63, 3.8) is 0 Å². The first-order chi connectivity index (χ1) is 12.5. The number of nitrogens with zero attached hydrogens (tertiary/aromatic N) is 3. The van der Waals surface area contributed by atoms with Crippen molar-refractivity contribution < 1.29 is 0 Å². The average Bonchev–Trinajstić information content (AvgIpc) is 2.62. The van der Waals surface area contributed by atoms with Crippen molar-refractivity contribution in [2.45, 2.75) is 45.8 Å². The Labute approximate surface area is 158 Å². The molecule has 1 aromatic carbocycles. The van der Waals surface area contributed by atoms with Crippen molar-refractivity contribution in [2.24, 2.45) is 5.92 Å². The fourth-order valence-electron chi connectivity index (χ4n) is 4.04. The minimum Gasteiger partial charge on any atom is -0.380 e. The number of hydrogen-bond donors (Lipinski definition) is 1. The fourth-order valence-corrected chi connectivity index (χ4v) is 4.04. The summed E-state index contributed by atoms with van der Waals surface area (Å²) < 4.78 is 0. The number of hydrogen-bond acceptors (Lipinski definition) is 4. The Morgan fingerprint density at radius 2 is 1.96 bits per heavy atom. The van der Waals surface area contributed by atoms with Crippen LogP contribution in [0.15, 0.2) is 48.7 Å². The Kier molecular flexibility index (Phi) is 6.15. The van der Waals surface area contributed by atoms with Crippen molar-refractivity contribution in [1.82, 2.24) is 9.88 Å². The molecule has 2 atom stereocenters. The summed E-state index contributed by atoms with van der Waals surface area (Å²) in [5, 5.41) is 3.54. The van der Waals surface area contributed by atoms with E-state index in [1.807, 2.05) is 12.3 Å². The number of aromatic nitrogens is 1. The normalized spacial score (nSPS) is 21.0. The molecule has 2 heterocycles. The molecule has 1 aliphatic heterocycles. The van der Waals surface area contributed by atoms with Crippen molar-refractivity contribution in [1.29, 1.82) is 0 Å². The van der Waals surface area contributed by atoms with Gasteiger partial charge in [0.25, 0.3) is 0 Å². The molecule has 1 fully saturated rings. The molecular weight excluding hydrogens is 320 g/mol. The van der Waals surface area contributed by atoms with Gasteiger partial charge in [-0.3, -0.25) is 4.90 Å². The lowest BCUT2D eigenvalue weighted by molar-refractivity contribution is 0.155. The second-order valence-corrected chi connectivity index (χ2v) is 7.84. The molecule has 140 valence electrons. The van der Waals surface area contributed by atoms with Gasteiger partial charge in [0.05, 0.1) is 5.69 Å². The summed E-state index contributed by atoms with van der Waals surface area (Å²) in [6.07, 6.45) is 3.06. The molecule has 1 N–H and O–H groups in total. The lowest BCUT2D eigenvalue weighted by Crippen LogP contribution is -2.49. The number of nitrogens with one attached hydrogen (secondary N) is 1. The van der Waals surface area contributed by atoms with Crippen LogP contribution in [0, 0.1) is 5.92 Å². The van der Waals surface area contributed by atoms with Crippen LogP contribution in [0.3, 0.4) is 0 Å². The molecule has 0 radical (unpaired) electrons. The highest BCUT2D eigenvalue weighted by Gasteiger charge is 2.30. The number of benzene rings is 1. The van der Waals surface area contributed by atoms with E-state index in [9.17, 15) is 0 Å². The minimum atomic E-state index is 0.400. The van der Waals surface area contributed by atoms with Gasteiger partial charge in [-0.15, -0.1) is 0 Å². The molecule has 0 saturated carbocycles.